The molecule has 0 aliphatic rings. The van der Waals surface area contributed by atoms with Crippen LogP contribution in [-0.4, -0.2) is 19.6 Å². The van der Waals surface area contributed by atoms with Gasteiger partial charge in [0.25, 0.3) is 0 Å². The number of hydrogen-bond donors (Lipinski definition) is 4. The Hall–Kier alpha value is -4.02. The van der Waals surface area contributed by atoms with Gasteiger partial charge in [-0.3, -0.25) is 0 Å². The first-order chi connectivity index (χ1) is 34.0. The van der Waals surface area contributed by atoms with Crippen LogP contribution in [0.5, 0.6) is 0 Å². The highest BCUT2D eigenvalue weighted by atomic mass is 31.2. The van der Waals surface area contributed by atoms with E-state index in [4.69, 9.17) is 19.6 Å². The summed E-state index contributed by atoms with van der Waals surface area (Å²) in [6.07, 6.45) is 0. The molecular formula is C68H94O5P2. The van der Waals surface area contributed by atoms with Gasteiger partial charge >= 0.3 is 17.2 Å². The fourth-order valence-corrected chi connectivity index (χ4v) is 11.4. The van der Waals surface area contributed by atoms with Gasteiger partial charge in [-0.05, 0) is 150 Å². The van der Waals surface area contributed by atoms with Gasteiger partial charge in [0.1, 0.15) is 0 Å². The highest BCUT2D eigenvalue weighted by Gasteiger charge is 2.39. The van der Waals surface area contributed by atoms with Crippen LogP contribution in [0.1, 0.15) is 211 Å². The topological polar surface area (TPSA) is 90.2 Å². The summed E-state index contributed by atoms with van der Waals surface area (Å²) in [6, 6.07) is 43.0. The first-order valence-electron chi connectivity index (χ1n) is 26.9. The molecule has 6 aromatic carbocycles. The largest absolute Gasteiger partial charge is 0.334 e. The number of hydrogen-bond acceptors (Lipinski definition) is 5. The van der Waals surface area contributed by atoms with Crippen LogP contribution in [0.25, 0.3) is 55.6 Å². The van der Waals surface area contributed by atoms with Gasteiger partial charge in [0.15, 0.2) is 0 Å². The van der Waals surface area contributed by atoms with Crippen molar-refractivity contribution in [1.29, 1.82) is 0 Å². The molecule has 0 fully saturated rings. The third kappa shape index (κ3) is 14.0. The molecule has 0 amide bonds. The van der Waals surface area contributed by atoms with Gasteiger partial charge in [-0.1, -0.05) is 269 Å². The fourth-order valence-electron chi connectivity index (χ4n) is 10.9. The van der Waals surface area contributed by atoms with Crippen LogP contribution in [0.15, 0.2) is 109 Å². The highest BCUT2D eigenvalue weighted by Crippen LogP contribution is 2.59. The molecular weight excluding hydrogens is 959 g/mol. The summed E-state index contributed by atoms with van der Waals surface area (Å²) in [5.74, 6) is 0. The molecule has 7 heteroatoms. The highest BCUT2D eigenvalue weighted by molar-refractivity contribution is 7.53. The molecule has 0 aliphatic carbocycles. The monoisotopic (exact) mass is 1050 g/mol. The third-order valence-electron chi connectivity index (χ3n) is 14.3. The quantitative estimate of drug-likeness (QED) is 0.120. The van der Waals surface area contributed by atoms with Gasteiger partial charge < -0.3 is 19.6 Å². The molecule has 6 rings (SSSR count). The van der Waals surface area contributed by atoms with E-state index in [9.17, 15) is 0 Å². The van der Waals surface area contributed by atoms with Crippen molar-refractivity contribution in [3.63, 3.8) is 0 Å². The Labute approximate surface area is 457 Å². The molecule has 5 nitrogen and oxygen atoms in total. The first kappa shape index (κ1) is 61.8. The lowest BCUT2D eigenvalue weighted by Crippen LogP contribution is -2.23. The molecule has 0 atom stereocenters. The normalized spacial score (nSPS) is 13.4. The van der Waals surface area contributed by atoms with Gasteiger partial charge in [-0.15, -0.1) is 0 Å². The maximum absolute atomic E-state index is 7.82. The second-order valence-corrected chi connectivity index (χ2v) is 30.6. The Morgan fingerprint density at radius 1 is 0.253 bits per heavy atom. The molecule has 0 heterocycles. The molecule has 0 spiro atoms. The fraction of sp³-hybridized carbons (Fsp3) is 0.471. The smallest absolute Gasteiger partial charge is 0.328 e. The zero-order valence-corrected chi connectivity index (χ0v) is 52.3. The predicted octanol–water partition coefficient (Wildman–Crippen LogP) is 19.8. The summed E-state index contributed by atoms with van der Waals surface area (Å²) in [4.78, 5) is 31.3. The van der Waals surface area contributed by atoms with E-state index in [-0.39, 0.29) is 43.3 Å². The van der Waals surface area contributed by atoms with Crippen molar-refractivity contribution in [1.82, 2.24) is 0 Å². The van der Waals surface area contributed by atoms with Gasteiger partial charge in [0.05, 0.1) is 0 Å². The van der Waals surface area contributed by atoms with Crippen molar-refractivity contribution >= 4 is 17.2 Å². The lowest BCUT2D eigenvalue weighted by atomic mass is 9.65. The van der Waals surface area contributed by atoms with Gasteiger partial charge in [0.2, 0.25) is 0 Å². The SMILES string of the molecule is CC(C)(C)c1cccc(C(C)(C)C)c1-c1cc(-c2c(C(C)(C)C)cccc2C(C)(C)C)c(-c2c(C(C)(C)C)cccc2C(C)(C)C)c(-c2c(C(C)(C)C)cccc2C(C)(C)C)c1-c1ccccc1.OP(O)OP(O)O. The zero-order chi connectivity index (χ0) is 57.0. The van der Waals surface area contributed by atoms with Crippen LogP contribution in [0.2, 0.25) is 0 Å². The predicted molar refractivity (Wildman–Crippen MR) is 327 cm³/mol. The standard InChI is InChI=1S/C68H90.H4O5P2/c1-61(2,3)46-34-28-35-47(62(4,5)6)55(46)44-42-45(56-48(63(7,8)9)36-29-37-49(56)64(10,11)12)57(58-50(65(13,14)15)38-30-39-51(58)66(16,17)18)60(54(44)43-32-26-25-27-33-43)59-52(67(19,20)21)40-31-41-53(59)68(22,23)24;1-6(2)5-7(3)4/h25-42H,1-24H3;1-4H. The molecule has 4 N–H and O–H groups in total. The van der Waals surface area contributed by atoms with Crippen molar-refractivity contribution in [3.05, 3.63) is 154 Å². The Balaban J connectivity index is 0.00000138. The van der Waals surface area contributed by atoms with Gasteiger partial charge in [-0.2, -0.15) is 0 Å². The molecule has 0 unspecified atom stereocenters. The van der Waals surface area contributed by atoms with Crippen LogP contribution in [0.4, 0.5) is 0 Å². The number of rotatable bonds is 7. The van der Waals surface area contributed by atoms with Crippen LogP contribution in [-0.2, 0) is 47.6 Å². The molecule has 0 aromatic heterocycles. The maximum Gasteiger partial charge on any atom is 0.334 e. The summed E-state index contributed by atoms with van der Waals surface area (Å²) in [7, 11) is -5.22. The van der Waals surface area contributed by atoms with E-state index in [2.05, 4.69) is 280 Å². The lowest BCUT2D eigenvalue weighted by molar-refractivity contribution is 0.324. The second-order valence-electron chi connectivity index (χ2n) is 29.0. The van der Waals surface area contributed by atoms with Crippen molar-refractivity contribution in [3.8, 4) is 55.6 Å². The molecule has 6 aromatic rings. The minimum atomic E-state index is -2.61. The molecule has 0 bridgehead atoms. The molecule has 0 aliphatic heterocycles. The van der Waals surface area contributed by atoms with Gasteiger partial charge in [0, 0.05) is 0 Å². The van der Waals surface area contributed by atoms with Crippen LogP contribution in [0, 0.1) is 0 Å². The molecule has 0 saturated carbocycles. The van der Waals surface area contributed by atoms with E-state index in [1.807, 2.05) is 0 Å². The summed E-state index contributed by atoms with van der Waals surface area (Å²) in [5, 5.41) is 0. The van der Waals surface area contributed by atoms with Crippen molar-refractivity contribution in [2.45, 2.75) is 209 Å². The molecule has 406 valence electrons. The van der Waals surface area contributed by atoms with Crippen LogP contribution < -0.4 is 0 Å². The van der Waals surface area contributed by atoms with Crippen molar-refractivity contribution in [2.24, 2.45) is 0 Å². The average Bonchev–Trinajstić information content (AvgIpc) is 3.25. The van der Waals surface area contributed by atoms with Crippen LogP contribution >= 0.6 is 17.2 Å². The Bertz CT molecular complexity index is 2820. The van der Waals surface area contributed by atoms with E-state index in [0.717, 1.165) is 0 Å². The minimum absolute atomic E-state index is 0.151. The maximum atomic E-state index is 7.82. The Morgan fingerprint density at radius 3 is 0.707 bits per heavy atom. The van der Waals surface area contributed by atoms with Gasteiger partial charge in [-0.25, -0.2) is 4.31 Å². The van der Waals surface area contributed by atoms with E-state index >= 15 is 0 Å². The van der Waals surface area contributed by atoms with E-state index in [1.165, 1.54) is 100 Å². The first-order valence-corrected chi connectivity index (χ1v) is 29.2. The summed E-state index contributed by atoms with van der Waals surface area (Å²) in [5.41, 5.74) is 22.9. The summed E-state index contributed by atoms with van der Waals surface area (Å²) in [6.45, 7) is 58.0. The van der Waals surface area contributed by atoms with Crippen molar-refractivity contribution in [2.75, 3.05) is 0 Å². The molecule has 75 heavy (non-hydrogen) atoms. The van der Waals surface area contributed by atoms with E-state index in [0.29, 0.717) is 0 Å². The van der Waals surface area contributed by atoms with E-state index < -0.39 is 17.2 Å². The molecule has 0 radical (unpaired) electrons. The molecule has 0 saturated heterocycles. The lowest BCUT2D eigenvalue weighted by Gasteiger charge is -2.39. The Kier molecular flexibility index (Phi) is 18.2. The third-order valence-corrected chi connectivity index (χ3v) is 15.5. The zero-order valence-electron chi connectivity index (χ0n) is 50.5. The Morgan fingerprint density at radius 2 is 0.480 bits per heavy atom. The average molecular weight is 1050 g/mol. The van der Waals surface area contributed by atoms with E-state index in [1.54, 1.807) is 0 Å². The number of benzene rings is 6. The summed E-state index contributed by atoms with van der Waals surface area (Å²) < 4.78 is 3.60. The summed E-state index contributed by atoms with van der Waals surface area (Å²) >= 11 is 0. The second kappa shape index (κ2) is 22.0. The van der Waals surface area contributed by atoms with Crippen LogP contribution in [0.3, 0.4) is 0 Å². The van der Waals surface area contributed by atoms with Crippen molar-refractivity contribution < 1.29 is 23.9 Å². The minimum Gasteiger partial charge on any atom is -0.328 e.